The lowest BCUT2D eigenvalue weighted by molar-refractivity contribution is 0.394. The van der Waals surface area contributed by atoms with E-state index in [1.54, 1.807) is 23.9 Å². The number of rotatable bonds is 8. The molecule has 7 heteroatoms. The van der Waals surface area contributed by atoms with Crippen LogP contribution >= 0.6 is 0 Å². The van der Waals surface area contributed by atoms with Crippen LogP contribution in [0, 0.1) is 0 Å². The summed E-state index contributed by atoms with van der Waals surface area (Å²) in [6.07, 6.45) is 3.39. The van der Waals surface area contributed by atoms with Crippen molar-refractivity contribution in [2.75, 3.05) is 27.2 Å². The monoisotopic (exact) mass is 288 g/mol. The lowest BCUT2D eigenvalue weighted by Crippen LogP contribution is -2.25. The SMILES string of the molecule is CN(C)CCCCNS(=O)(=O)c1cc(CN)n(C)c1. The average molecular weight is 288 g/mol. The number of hydrogen-bond acceptors (Lipinski definition) is 4. The molecule has 3 N–H and O–H groups in total. The highest BCUT2D eigenvalue weighted by molar-refractivity contribution is 7.89. The molecule has 0 aliphatic heterocycles. The Morgan fingerprint density at radius 1 is 1.37 bits per heavy atom. The maximum Gasteiger partial charge on any atom is 0.242 e. The van der Waals surface area contributed by atoms with Crippen LogP contribution in [-0.4, -0.2) is 45.1 Å². The van der Waals surface area contributed by atoms with Gasteiger partial charge in [0.2, 0.25) is 10.0 Å². The molecule has 0 aromatic carbocycles. The van der Waals surface area contributed by atoms with Gasteiger partial charge in [-0.2, -0.15) is 0 Å². The zero-order chi connectivity index (χ0) is 14.5. The van der Waals surface area contributed by atoms with E-state index < -0.39 is 10.0 Å². The third kappa shape index (κ3) is 4.94. The van der Waals surface area contributed by atoms with Crippen LogP contribution in [0.2, 0.25) is 0 Å². The molecule has 6 nitrogen and oxygen atoms in total. The van der Waals surface area contributed by atoms with E-state index in [2.05, 4.69) is 9.62 Å². The van der Waals surface area contributed by atoms with Gasteiger partial charge in [-0.25, -0.2) is 13.1 Å². The van der Waals surface area contributed by atoms with Gasteiger partial charge in [0.05, 0.1) is 4.90 Å². The van der Waals surface area contributed by atoms with Crippen LogP contribution in [0.1, 0.15) is 18.5 Å². The van der Waals surface area contributed by atoms with Crippen molar-refractivity contribution in [3.63, 3.8) is 0 Å². The highest BCUT2D eigenvalue weighted by Gasteiger charge is 2.16. The average Bonchev–Trinajstić information content (AvgIpc) is 2.70. The number of nitrogens with zero attached hydrogens (tertiary/aromatic N) is 2. The molecule has 110 valence electrons. The van der Waals surface area contributed by atoms with Crippen molar-refractivity contribution >= 4 is 10.0 Å². The highest BCUT2D eigenvalue weighted by Crippen LogP contribution is 2.12. The molecule has 0 spiro atoms. The molecule has 19 heavy (non-hydrogen) atoms. The van der Waals surface area contributed by atoms with Crippen LogP contribution in [0.25, 0.3) is 0 Å². The summed E-state index contributed by atoms with van der Waals surface area (Å²) < 4.78 is 28.4. The Kier molecular flexibility index (Phi) is 5.99. The maximum absolute atomic E-state index is 12.0. The quantitative estimate of drug-likeness (QED) is 0.665. The Bertz CT molecular complexity index is 494. The molecular formula is C12H24N4O2S. The summed E-state index contributed by atoms with van der Waals surface area (Å²) in [5, 5.41) is 0. The normalized spacial score (nSPS) is 12.3. The summed E-state index contributed by atoms with van der Waals surface area (Å²) in [5.41, 5.74) is 6.33. The number of nitrogens with one attached hydrogen (secondary N) is 1. The van der Waals surface area contributed by atoms with Crippen LogP contribution in [0.4, 0.5) is 0 Å². The Morgan fingerprint density at radius 3 is 2.58 bits per heavy atom. The molecule has 0 radical (unpaired) electrons. The van der Waals surface area contributed by atoms with Gasteiger partial charge in [0.15, 0.2) is 0 Å². The summed E-state index contributed by atoms with van der Waals surface area (Å²) in [5.74, 6) is 0. The number of nitrogens with two attached hydrogens (primary N) is 1. The molecule has 0 atom stereocenters. The molecule has 1 heterocycles. The first-order valence-electron chi connectivity index (χ1n) is 6.36. The molecular weight excluding hydrogens is 264 g/mol. The maximum atomic E-state index is 12.0. The van der Waals surface area contributed by atoms with Gasteiger partial charge in [-0.05, 0) is 39.5 Å². The Balaban J connectivity index is 2.51. The lowest BCUT2D eigenvalue weighted by atomic mass is 10.3. The fourth-order valence-corrected chi connectivity index (χ4v) is 2.94. The van der Waals surface area contributed by atoms with Crippen molar-refractivity contribution in [1.29, 1.82) is 0 Å². The van der Waals surface area contributed by atoms with Crippen LogP contribution in [0.15, 0.2) is 17.2 Å². The van der Waals surface area contributed by atoms with Crippen molar-refractivity contribution in [3.05, 3.63) is 18.0 Å². The first-order valence-corrected chi connectivity index (χ1v) is 7.85. The zero-order valence-corrected chi connectivity index (χ0v) is 12.7. The van der Waals surface area contributed by atoms with Crippen molar-refractivity contribution in [2.45, 2.75) is 24.3 Å². The number of unbranched alkanes of at least 4 members (excludes halogenated alkanes) is 1. The second kappa shape index (κ2) is 7.04. The fourth-order valence-electron chi connectivity index (χ4n) is 1.77. The summed E-state index contributed by atoms with van der Waals surface area (Å²) in [6, 6.07) is 1.61. The number of aromatic nitrogens is 1. The topological polar surface area (TPSA) is 80.4 Å². The number of sulfonamides is 1. The first kappa shape index (κ1) is 16.2. The first-order chi connectivity index (χ1) is 8.86. The minimum absolute atomic E-state index is 0.281. The molecule has 0 bridgehead atoms. The lowest BCUT2D eigenvalue weighted by Gasteiger charge is -2.09. The third-order valence-electron chi connectivity index (χ3n) is 2.93. The smallest absolute Gasteiger partial charge is 0.242 e. The van der Waals surface area contributed by atoms with E-state index in [1.807, 2.05) is 14.1 Å². The van der Waals surface area contributed by atoms with Crippen molar-refractivity contribution in [1.82, 2.24) is 14.2 Å². The third-order valence-corrected chi connectivity index (χ3v) is 4.35. The van der Waals surface area contributed by atoms with Gasteiger partial charge in [-0.1, -0.05) is 0 Å². The molecule has 0 unspecified atom stereocenters. The molecule has 0 saturated heterocycles. The molecule has 0 aliphatic rings. The number of aryl methyl sites for hydroxylation is 1. The molecule has 1 aromatic heterocycles. The molecule has 0 saturated carbocycles. The summed E-state index contributed by atoms with van der Waals surface area (Å²) in [7, 11) is 2.38. The fraction of sp³-hybridized carbons (Fsp3) is 0.667. The van der Waals surface area contributed by atoms with E-state index in [4.69, 9.17) is 5.73 Å². The predicted molar refractivity (Wildman–Crippen MR) is 76.3 cm³/mol. The molecule has 1 rings (SSSR count). The minimum atomic E-state index is -3.41. The second-order valence-corrected chi connectivity index (χ2v) is 6.66. The Hall–Kier alpha value is -0.890. The van der Waals surface area contributed by atoms with E-state index in [-0.39, 0.29) is 4.90 Å². The highest BCUT2D eigenvalue weighted by atomic mass is 32.2. The summed E-state index contributed by atoms with van der Waals surface area (Å²) in [6.45, 7) is 1.75. The molecule has 0 amide bonds. The van der Waals surface area contributed by atoms with Crippen LogP contribution in [0.5, 0.6) is 0 Å². The Morgan fingerprint density at radius 2 is 2.05 bits per heavy atom. The van der Waals surface area contributed by atoms with Gasteiger partial charge < -0.3 is 15.2 Å². The van der Waals surface area contributed by atoms with Gasteiger partial charge >= 0.3 is 0 Å². The second-order valence-electron chi connectivity index (χ2n) is 4.89. The van der Waals surface area contributed by atoms with Crippen LogP contribution in [0.3, 0.4) is 0 Å². The summed E-state index contributed by atoms with van der Waals surface area (Å²) >= 11 is 0. The van der Waals surface area contributed by atoms with Gasteiger partial charge in [-0.15, -0.1) is 0 Å². The minimum Gasteiger partial charge on any atom is -0.352 e. The standard InChI is InChI=1S/C12H24N4O2S/c1-15(2)7-5-4-6-14-19(17,18)12-8-11(9-13)16(3)10-12/h8,10,14H,4-7,9,13H2,1-3H3. The Labute approximate surface area is 115 Å². The van der Waals surface area contributed by atoms with Crippen LogP contribution < -0.4 is 10.5 Å². The molecule has 0 aliphatic carbocycles. The van der Waals surface area contributed by atoms with Gasteiger partial charge in [0, 0.05) is 32.0 Å². The van der Waals surface area contributed by atoms with Crippen molar-refractivity contribution in [3.8, 4) is 0 Å². The number of hydrogen-bond donors (Lipinski definition) is 2. The van der Waals surface area contributed by atoms with E-state index in [0.717, 1.165) is 25.1 Å². The van der Waals surface area contributed by atoms with E-state index in [0.29, 0.717) is 13.1 Å². The predicted octanol–water partition coefficient (Wildman–Crippen LogP) is 0.104. The summed E-state index contributed by atoms with van der Waals surface area (Å²) in [4.78, 5) is 2.36. The van der Waals surface area contributed by atoms with Crippen molar-refractivity contribution < 1.29 is 8.42 Å². The van der Waals surface area contributed by atoms with Gasteiger partial charge in [0.1, 0.15) is 0 Å². The van der Waals surface area contributed by atoms with Gasteiger partial charge in [0.25, 0.3) is 0 Å². The molecule has 1 aromatic rings. The van der Waals surface area contributed by atoms with E-state index >= 15 is 0 Å². The van der Waals surface area contributed by atoms with E-state index in [1.165, 1.54) is 0 Å². The van der Waals surface area contributed by atoms with Crippen molar-refractivity contribution in [2.24, 2.45) is 12.8 Å². The van der Waals surface area contributed by atoms with Gasteiger partial charge in [-0.3, -0.25) is 0 Å². The van der Waals surface area contributed by atoms with E-state index in [9.17, 15) is 8.42 Å². The molecule has 0 fully saturated rings. The van der Waals surface area contributed by atoms with Crippen LogP contribution in [-0.2, 0) is 23.6 Å². The largest absolute Gasteiger partial charge is 0.352 e. The zero-order valence-electron chi connectivity index (χ0n) is 11.9.